The summed E-state index contributed by atoms with van der Waals surface area (Å²) in [5.74, 6) is 0.163. The van der Waals surface area contributed by atoms with E-state index in [9.17, 15) is 9.59 Å². The number of thiophene rings is 1. The number of hydrogen-bond donors (Lipinski definition) is 1. The third-order valence-corrected chi connectivity index (χ3v) is 6.29. The Kier molecular flexibility index (Phi) is 6.78. The van der Waals surface area contributed by atoms with Gasteiger partial charge in [0.15, 0.2) is 11.0 Å². The molecule has 10 heteroatoms. The highest BCUT2D eigenvalue weighted by Crippen LogP contribution is 2.29. The van der Waals surface area contributed by atoms with Crippen LogP contribution in [-0.2, 0) is 16.6 Å². The van der Waals surface area contributed by atoms with Gasteiger partial charge in [0.05, 0.1) is 18.4 Å². The van der Waals surface area contributed by atoms with Gasteiger partial charge >= 0.3 is 5.97 Å². The Morgan fingerprint density at radius 2 is 2.03 bits per heavy atom. The Bertz CT molecular complexity index is 1070. The summed E-state index contributed by atoms with van der Waals surface area (Å²) in [7, 11) is 7.15. The number of thioether (sulfide) groups is 1. The molecule has 0 fully saturated rings. The van der Waals surface area contributed by atoms with Crippen molar-refractivity contribution in [3.05, 3.63) is 40.8 Å². The van der Waals surface area contributed by atoms with Crippen LogP contribution in [0.1, 0.15) is 15.2 Å². The lowest BCUT2D eigenvalue weighted by Gasteiger charge is -2.13. The number of rotatable bonds is 7. The molecule has 0 unspecified atom stereocenters. The number of aryl methyl sites for hydroxylation is 1. The predicted molar refractivity (Wildman–Crippen MR) is 121 cm³/mol. The lowest BCUT2D eigenvalue weighted by Crippen LogP contribution is -2.16. The summed E-state index contributed by atoms with van der Waals surface area (Å²) in [5.41, 5.74) is 2.38. The SMILES string of the molecule is COC(=O)c1cc(C)sc1NC(=O)CSc1nnc(-c2cccc(N(C)C)c2)n1C. The van der Waals surface area contributed by atoms with Crippen LogP contribution in [0, 0.1) is 6.92 Å². The topological polar surface area (TPSA) is 89.3 Å². The fourth-order valence-corrected chi connectivity index (χ4v) is 4.40. The van der Waals surface area contributed by atoms with Crippen LogP contribution in [0.4, 0.5) is 10.7 Å². The van der Waals surface area contributed by atoms with Gasteiger partial charge in [-0.3, -0.25) is 4.79 Å². The minimum Gasteiger partial charge on any atom is -0.465 e. The van der Waals surface area contributed by atoms with Gasteiger partial charge < -0.3 is 19.5 Å². The van der Waals surface area contributed by atoms with Crippen molar-refractivity contribution in [2.45, 2.75) is 12.1 Å². The Hall–Kier alpha value is -2.85. The number of amides is 1. The molecule has 0 saturated heterocycles. The van der Waals surface area contributed by atoms with Crippen molar-refractivity contribution < 1.29 is 14.3 Å². The predicted octanol–water partition coefficient (Wildman–Crippen LogP) is 3.44. The molecule has 0 spiro atoms. The number of anilines is 2. The van der Waals surface area contributed by atoms with Gasteiger partial charge in [0.2, 0.25) is 5.91 Å². The lowest BCUT2D eigenvalue weighted by molar-refractivity contribution is -0.113. The van der Waals surface area contributed by atoms with E-state index < -0.39 is 5.97 Å². The van der Waals surface area contributed by atoms with E-state index in [1.165, 1.54) is 30.2 Å². The van der Waals surface area contributed by atoms with Gasteiger partial charge in [-0.05, 0) is 25.1 Å². The van der Waals surface area contributed by atoms with Crippen molar-refractivity contribution in [1.82, 2.24) is 14.8 Å². The number of nitrogens with zero attached hydrogens (tertiary/aromatic N) is 4. The number of nitrogens with one attached hydrogen (secondary N) is 1. The summed E-state index contributed by atoms with van der Waals surface area (Å²) in [6.45, 7) is 1.87. The first-order valence-corrected chi connectivity index (χ1v) is 10.9. The molecule has 158 valence electrons. The van der Waals surface area contributed by atoms with Gasteiger partial charge in [-0.25, -0.2) is 4.79 Å². The van der Waals surface area contributed by atoms with E-state index in [1.54, 1.807) is 6.07 Å². The van der Waals surface area contributed by atoms with E-state index in [-0.39, 0.29) is 11.7 Å². The van der Waals surface area contributed by atoms with Crippen LogP contribution in [0.15, 0.2) is 35.5 Å². The molecule has 0 radical (unpaired) electrons. The standard InChI is InChI=1S/C20H23N5O3S2/c1-12-9-15(19(27)28-5)18(30-12)21-16(26)11-29-20-23-22-17(25(20)4)13-7-6-8-14(10-13)24(2)3/h6-10H,11H2,1-5H3,(H,21,26). The zero-order valence-electron chi connectivity index (χ0n) is 17.4. The van der Waals surface area contributed by atoms with Crippen LogP contribution in [0.3, 0.4) is 0 Å². The van der Waals surface area contributed by atoms with Gasteiger partial charge in [0, 0.05) is 37.3 Å². The number of carbonyl (C=O) groups excluding carboxylic acids is 2. The van der Waals surface area contributed by atoms with Crippen molar-refractivity contribution in [2.75, 3.05) is 37.2 Å². The van der Waals surface area contributed by atoms with E-state index >= 15 is 0 Å². The molecule has 30 heavy (non-hydrogen) atoms. The molecule has 2 aromatic heterocycles. The molecule has 0 atom stereocenters. The normalized spacial score (nSPS) is 10.7. The molecule has 0 saturated carbocycles. The Labute approximate surface area is 183 Å². The van der Waals surface area contributed by atoms with Gasteiger partial charge in [0.25, 0.3) is 0 Å². The smallest absolute Gasteiger partial charge is 0.340 e. The van der Waals surface area contributed by atoms with Gasteiger partial charge in [0.1, 0.15) is 5.00 Å². The lowest BCUT2D eigenvalue weighted by atomic mass is 10.2. The summed E-state index contributed by atoms with van der Waals surface area (Å²) >= 11 is 2.62. The van der Waals surface area contributed by atoms with Gasteiger partial charge in [-0.2, -0.15) is 0 Å². The minimum absolute atomic E-state index is 0.140. The number of hydrogen-bond acceptors (Lipinski definition) is 8. The molecule has 3 aromatic rings. The van der Waals surface area contributed by atoms with E-state index in [2.05, 4.69) is 15.5 Å². The number of aromatic nitrogens is 3. The van der Waals surface area contributed by atoms with Crippen LogP contribution >= 0.6 is 23.1 Å². The maximum atomic E-state index is 12.4. The largest absolute Gasteiger partial charge is 0.465 e. The number of esters is 1. The van der Waals surface area contributed by atoms with Crippen LogP contribution in [0.2, 0.25) is 0 Å². The third kappa shape index (κ3) is 4.82. The molecule has 1 N–H and O–H groups in total. The van der Waals surface area contributed by atoms with Crippen molar-refractivity contribution in [2.24, 2.45) is 7.05 Å². The van der Waals surface area contributed by atoms with E-state index in [0.29, 0.717) is 15.7 Å². The van der Waals surface area contributed by atoms with Crippen molar-refractivity contribution in [1.29, 1.82) is 0 Å². The summed E-state index contributed by atoms with van der Waals surface area (Å²) < 4.78 is 6.63. The van der Waals surface area contributed by atoms with E-state index in [1.807, 2.05) is 61.8 Å². The zero-order valence-corrected chi connectivity index (χ0v) is 19.1. The molecular formula is C20H23N5O3S2. The first-order valence-electron chi connectivity index (χ1n) is 9.08. The maximum absolute atomic E-state index is 12.4. The number of carbonyl (C=O) groups is 2. The Morgan fingerprint density at radius 1 is 1.27 bits per heavy atom. The van der Waals surface area contributed by atoms with Crippen molar-refractivity contribution in [3.63, 3.8) is 0 Å². The molecular weight excluding hydrogens is 422 g/mol. The highest BCUT2D eigenvalue weighted by atomic mass is 32.2. The molecule has 0 bridgehead atoms. The first kappa shape index (κ1) is 21.8. The second-order valence-electron chi connectivity index (χ2n) is 6.74. The minimum atomic E-state index is -0.472. The highest BCUT2D eigenvalue weighted by molar-refractivity contribution is 7.99. The first-order chi connectivity index (χ1) is 14.3. The Balaban J connectivity index is 1.68. The number of methoxy groups -OCH3 is 1. The quantitative estimate of drug-likeness (QED) is 0.440. The van der Waals surface area contributed by atoms with Gasteiger partial charge in [-0.15, -0.1) is 21.5 Å². The van der Waals surface area contributed by atoms with Crippen LogP contribution in [0.5, 0.6) is 0 Å². The summed E-state index contributed by atoms with van der Waals surface area (Å²) in [6, 6.07) is 9.72. The summed E-state index contributed by atoms with van der Waals surface area (Å²) in [5, 5.41) is 12.4. The monoisotopic (exact) mass is 445 g/mol. The molecule has 8 nitrogen and oxygen atoms in total. The van der Waals surface area contributed by atoms with E-state index in [4.69, 9.17) is 4.74 Å². The molecule has 0 aliphatic carbocycles. The zero-order chi connectivity index (χ0) is 21.8. The van der Waals surface area contributed by atoms with Crippen LogP contribution in [0.25, 0.3) is 11.4 Å². The average Bonchev–Trinajstić information content (AvgIpc) is 3.27. The van der Waals surface area contributed by atoms with Crippen LogP contribution < -0.4 is 10.2 Å². The van der Waals surface area contributed by atoms with Gasteiger partial charge in [-0.1, -0.05) is 23.9 Å². The fourth-order valence-electron chi connectivity index (χ4n) is 2.78. The fraction of sp³-hybridized carbons (Fsp3) is 0.300. The average molecular weight is 446 g/mol. The molecule has 0 aliphatic rings. The van der Waals surface area contributed by atoms with Crippen LogP contribution in [-0.4, -0.2) is 53.6 Å². The Morgan fingerprint density at radius 3 is 2.73 bits per heavy atom. The summed E-state index contributed by atoms with van der Waals surface area (Å²) in [4.78, 5) is 27.2. The molecule has 2 heterocycles. The molecule has 3 rings (SSSR count). The third-order valence-electron chi connectivity index (χ3n) is 4.30. The van der Waals surface area contributed by atoms with E-state index in [0.717, 1.165) is 22.0 Å². The number of benzene rings is 1. The second kappa shape index (κ2) is 9.31. The second-order valence-corrected chi connectivity index (χ2v) is 8.94. The summed E-state index contributed by atoms with van der Waals surface area (Å²) in [6.07, 6.45) is 0. The molecule has 1 amide bonds. The molecule has 1 aromatic carbocycles. The van der Waals surface area contributed by atoms with Crippen molar-refractivity contribution >= 4 is 45.7 Å². The molecule has 0 aliphatic heterocycles. The number of ether oxygens (including phenoxy) is 1. The van der Waals surface area contributed by atoms with Crippen molar-refractivity contribution in [3.8, 4) is 11.4 Å². The maximum Gasteiger partial charge on any atom is 0.340 e. The highest BCUT2D eigenvalue weighted by Gasteiger charge is 2.18.